The molecule has 0 radical (unpaired) electrons. The summed E-state index contributed by atoms with van der Waals surface area (Å²) < 4.78 is 42.2. The van der Waals surface area contributed by atoms with Crippen LogP contribution in [0.4, 0.5) is 13.2 Å². The van der Waals surface area contributed by atoms with Gasteiger partial charge in [-0.25, -0.2) is 0 Å². The van der Waals surface area contributed by atoms with Crippen molar-refractivity contribution < 1.29 is 18.0 Å². The predicted molar refractivity (Wildman–Crippen MR) is 93.4 cm³/mol. The average molecular weight is 404 g/mol. The number of rotatable bonds is 6. The van der Waals surface area contributed by atoms with Gasteiger partial charge in [0.15, 0.2) is 5.69 Å². The Labute approximate surface area is 159 Å². The van der Waals surface area contributed by atoms with Crippen LogP contribution < -0.4 is 5.32 Å². The summed E-state index contributed by atoms with van der Waals surface area (Å²) in [5, 5.41) is 10.2. The number of alkyl halides is 3. The first-order valence-electron chi connectivity index (χ1n) is 8.78. The standard InChI is InChI=1S/C17H21ClF3N5O/c1-4-25-10(3)12(7-22-25)9(2)23-13(27)8-26-15(11-5-6-11)14(18)16(24-26)17(19,20)21/h7,9,11H,4-6,8H2,1-3H3,(H,23,27). The molecule has 1 fully saturated rings. The maximum Gasteiger partial charge on any atom is 0.436 e. The fourth-order valence-electron chi connectivity index (χ4n) is 3.21. The van der Waals surface area contributed by atoms with Crippen molar-refractivity contribution >= 4 is 17.5 Å². The van der Waals surface area contributed by atoms with Gasteiger partial charge in [-0.1, -0.05) is 11.6 Å². The number of hydrogen-bond donors (Lipinski definition) is 1. The molecule has 148 valence electrons. The molecule has 0 aliphatic heterocycles. The van der Waals surface area contributed by atoms with Crippen LogP contribution in [0.1, 0.15) is 61.3 Å². The van der Waals surface area contributed by atoms with Gasteiger partial charge in [-0.05, 0) is 33.6 Å². The maximum atomic E-state index is 13.1. The third-order valence-corrected chi connectivity index (χ3v) is 5.11. The largest absolute Gasteiger partial charge is 0.436 e. The van der Waals surface area contributed by atoms with Crippen molar-refractivity contribution in [3.05, 3.63) is 33.9 Å². The molecule has 2 heterocycles. The Bertz CT molecular complexity index is 854. The van der Waals surface area contributed by atoms with Crippen molar-refractivity contribution in [2.45, 2.75) is 64.8 Å². The van der Waals surface area contributed by atoms with Gasteiger partial charge in [-0.3, -0.25) is 14.2 Å². The predicted octanol–water partition coefficient (Wildman–Crippen LogP) is 3.83. The highest BCUT2D eigenvalue weighted by atomic mass is 35.5. The number of halogens is 4. The van der Waals surface area contributed by atoms with Gasteiger partial charge in [0, 0.05) is 23.7 Å². The number of aryl methyl sites for hydroxylation is 1. The first-order valence-corrected chi connectivity index (χ1v) is 9.16. The van der Waals surface area contributed by atoms with Crippen molar-refractivity contribution in [3.8, 4) is 0 Å². The Morgan fingerprint density at radius 3 is 2.59 bits per heavy atom. The van der Waals surface area contributed by atoms with Crippen molar-refractivity contribution in [3.63, 3.8) is 0 Å². The van der Waals surface area contributed by atoms with E-state index in [-0.39, 0.29) is 18.5 Å². The lowest BCUT2D eigenvalue weighted by molar-refractivity contribution is -0.141. The molecule has 0 bridgehead atoms. The highest BCUT2D eigenvalue weighted by Crippen LogP contribution is 2.46. The normalized spacial score (nSPS) is 15.8. The van der Waals surface area contributed by atoms with Crippen LogP contribution in [0.2, 0.25) is 5.02 Å². The zero-order valence-corrected chi connectivity index (χ0v) is 16.0. The molecule has 2 aromatic rings. The SMILES string of the molecule is CCn1ncc(C(C)NC(=O)Cn2nc(C(F)(F)F)c(Cl)c2C2CC2)c1C. The van der Waals surface area contributed by atoms with Gasteiger partial charge in [-0.2, -0.15) is 23.4 Å². The van der Waals surface area contributed by atoms with Gasteiger partial charge in [0.25, 0.3) is 0 Å². The number of aromatic nitrogens is 4. The molecule has 2 aromatic heterocycles. The van der Waals surface area contributed by atoms with Gasteiger partial charge in [0.05, 0.1) is 23.0 Å². The Hall–Kier alpha value is -2.03. The van der Waals surface area contributed by atoms with Crippen molar-refractivity contribution in [1.29, 1.82) is 0 Å². The second kappa shape index (κ2) is 7.18. The van der Waals surface area contributed by atoms with Gasteiger partial charge in [0.2, 0.25) is 5.91 Å². The van der Waals surface area contributed by atoms with E-state index in [2.05, 4.69) is 15.5 Å². The maximum absolute atomic E-state index is 13.1. The zero-order valence-electron chi connectivity index (χ0n) is 15.3. The van der Waals surface area contributed by atoms with Gasteiger partial charge >= 0.3 is 6.18 Å². The molecule has 1 atom stereocenters. The number of carbonyl (C=O) groups is 1. The summed E-state index contributed by atoms with van der Waals surface area (Å²) in [5.74, 6) is -0.503. The molecule has 1 aliphatic rings. The first-order chi connectivity index (χ1) is 12.6. The summed E-state index contributed by atoms with van der Waals surface area (Å²) in [4.78, 5) is 12.4. The quantitative estimate of drug-likeness (QED) is 0.797. The lowest BCUT2D eigenvalue weighted by atomic mass is 10.1. The smallest absolute Gasteiger partial charge is 0.348 e. The number of hydrogen-bond acceptors (Lipinski definition) is 3. The van der Waals surface area contributed by atoms with E-state index >= 15 is 0 Å². The lowest BCUT2D eigenvalue weighted by Gasteiger charge is -2.15. The van der Waals surface area contributed by atoms with E-state index in [1.165, 1.54) is 0 Å². The number of amides is 1. The minimum absolute atomic E-state index is 0.0728. The fourth-order valence-corrected chi connectivity index (χ4v) is 3.60. The van der Waals surface area contributed by atoms with E-state index in [9.17, 15) is 18.0 Å². The van der Waals surface area contributed by atoms with Crippen LogP contribution in [-0.2, 0) is 24.1 Å². The van der Waals surface area contributed by atoms with Crippen LogP contribution in [-0.4, -0.2) is 25.5 Å². The van der Waals surface area contributed by atoms with Crippen LogP contribution in [0, 0.1) is 6.92 Å². The molecule has 27 heavy (non-hydrogen) atoms. The number of nitrogens with one attached hydrogen (secondary N) is 1. The molecule has 1 amide bonds. The van der Waals surface area contributed by atoms with Crippen LogP contribution in [0.15, 0.2) is 6.20 Å². The molecular formula is C17H21ClF3N5O. The molecule has 6 nitrogen and oxygen atoms in total. The first kappa shape index (κ1) is 19.7. The van der Waals surface area contributed by atoms with Crippen molar-refractivity contribution in [1.82, 2.24) is 24.9 Å². The molecule has 1 unspecified atom stereocenters. The van der Waals surface area contributed by atoms with E-state index in [0.29, 0.717) is 12.2 Å². The van der Waals surface area contributed by atoms with Crippen molar-refractivity contribution in [2.75, 3.05) is 0 Å². The Kier molecular flexibility index (Phi) is 5.24. The molecule has 1 aliphatic carbocycles. The molecular weight excluding hydrogens is 383 g/mol. The fraction of sp³-hybridized carbons (Fsp3) is 0.588. The van der Waals surface area contributed by atoms with Crippen LogP contribution in [0.5, 0.6) is 0 Å². The van der Waals surface area contributed by atoms with Crippen molar-refractivity contribution in [2.24, 2.45) is 0 Å². The summed E-state index contributed by atoms with van der Waals surface area (Å²) in [5.41, 5.74) is 0.960. The average Bonchev–Trinajstić information content (AvgIpc) is 3.24. The Morgan fingerprint density at radius 1 is 1.41 bits per heavy atom. The second-order valence-electron chi connectivity index (χ2n) is 6.77. The number of nitrogens with zero attached hydrogens (tertiary/aromatic N) is 4. The van der Waals surface area contributed by atoms with Gasteiger partial charge < -0.3 is 5.32 Å². The molecule has 0 spiro atoms. The summed E-state index contributed by atoms with van der Waals surface area (Å²) in [6.07, 6.45) is -1.47. The minimum atomic E-state index is -4.65. The van der Waals surface area contributed by atoms with E-state index in [0.717, 1.165) is 28.8 Å². The zero-order chi connectivity index (χ0) is 19.9. The number of carbonyl (C=O) groups excluding carboxylic acids is 1. The van der Waals surface area contributed by atoms with E-state index in [1.807, 2.05) is 18.5 Å². The van der Waals surface area contributed by atoms with Gasteiger partial charge in [-0.15, -0.1) is 0 Å². The minimum Gasteiger partial charge on any atom is -0.348 e. The highest BCUT2D eigenvalue weighted by Gasteiger charge is 2.42. The van der Waals surface area contributed by atoms with Crippen LogP contribution in [0.25, 0.3) is 0 Å². The Balaban J connectivity index is 1.77. The molecule has 1 N–H and O–H groups in total. The summed E-state index contributed by atoms with van der Waals surface area (Å²) >= 11 is 5.93. The van der Waals surface area contributed by atoms with Crippen LogP contribution >= 0.6 is 11.6 Å². The summed E-state index contributed by atoms with van der Waals surface area (Å²) in [6, 6.07) is -0.324. The van der Waals surface area contributed by atoms with Gasteiger partial charge in [0.1, 0.15) is 6.54 Å². The Morgan fingerprint density at radius 2 is 2.07 bits per heavy atom. The van der Waals surface area contributed by atoms with E-state index in [1.54, 1.807) is 13.1 Å². The summed E-state index contributed by atoms with van der Waals surface area (Å²) in [6.45, 7) is 6.08. The van der Waals surface area contributed by atoms with E-state index in [4.69, 9.17) is 11.6 Å². The second-order valence-corrected chi connectivity index (χ2v) is 7.15. The molecule has 0 saturated heterocycles. The third kappa shape index (κ3) is 3.97. The molecule has 1 saturated carbocycles. The molecule has 10 heteroatoms. The van der Waals surface area contributed by atoms with E-state index < -0.39 is 22.8 Å². The third-order valence-electron chi connectivity index (χ3n) is 4.74. The monoisotopic (exact) mass is 403 g/mol. The lowest BCUT2D eigenvalue weighted by Crippen LogP contribution is -2.31. The highest BCUT2D eigenvalue weighted by molar-refractivity contribution is 6.32. The summed E-state index contributed by atoms with van der Waals surface area (Å²) in [7, 11) is 0. The molecule has 0 aromatic carbocycles. The molecule has 3 rings (SSSR count). The topological polar surface area (TPSA) is 64.7 Å². The van der Waals surface area contributed by atoms with Crippen LogP contribution in [0.3, 0.4) is 0 Å².